The second-order valence-corrected chi connectivity index (χ2v) is 4.81. The van der Waals surface area contributed by atoms with Gasteiger partial charge in [0.15, 0.2) is 0 Å². The summed E-state index contributed by atoms with van der Waals surface area (Å²) in [6.45, 7) is 4.93. The van der Waals surface area contributed by atoms with Crippen LogP contribution >= 0.6 is 0 Å². The molecule has 1 saturated heterocycles. The Hall–Kier alpha value is -1.55. The van der Waals surface area contributed by atoms with E-state index in [0.717, 1.165) is 19.5 Å². The van der Waals surface area contributed by atoms with Crippen molar-refractivity contribution in [2.45, 2.75) is 19.3 Å². The molecule has 2 rings (SSSR count). The third kappa shape index (κ3) is 2.82. The molecule has 4 nitrogen and oxygen atoms in total. The maximum absolute atomic E-state index is 11.5. The number of para-hydroxylation sites is 1. The number of nitrogens with one attached hydrogen (secondary N) is 1. The van der Waals surface area contributed by atoms with Gasteiger partial charge in [0.05, 0.1) is 6.54 Å². The molecule has 1 heterocycles. The Kier molecular flexibility index (Phi) is 4.20. The van der Waals surface area contributed by atoms with Gasteiger partial charge in [0.2, 0.25) is 5.91 Å². The predicted molar refractivity (Wildman–Crippen MR) is 73.8 cm³/mol. The van der Waals surface area contributed by atoms with E-state index in [9.17, 15) is 4.79 Å². The second-order valence-electron chi connectivity index (χ2n) is 4.81. The Morgan fingerprint density at radius 2 is 2.22 bits per heavy atom. The van der Waals surface area contributed by atoms with E-state index in [0.29, 0.717) is 19.0 Å². The molecule has 1 atom stereocenters. The van der Waals surface area contributed by atoms with E-state index in [1.54, 1.807) is 0 Å². The average molecular weight is 247 g/mol. The molecule has 18 heavy (non-hydrogen) atoms. The lowest BCUT2D eigenvalue weighted by Crippen LogP contribution is -2.48. The van der Waals surface area contributed by atoms with Gasteiger partial charge in [-0.2, -0.15) is 0 Å². The summed E-state index contributed by atoms with van der Waals surface area (Å²) in [4.78, 5) is 13.6. The number of nitrogens with two attached hydrogens (primary N) is 1. The summed E-state index contributed by atoms with van der Waals surface area (Å²) in [6.07, 6.45) is 0.969. The van der Waals surface area contributed by atoms with Crippen molar-refractivity contribution >= 4 is 11.6 Å². The molecule has 4 heteroatoms. The maximum Gasteiger partial charge on any atom is 0.239 e. The number of carbonyl (C=O) groups excluding carboxylic acids is 1. The molecule has 0 saturated carbocycles. The molecule has 1 fully saturated rings. The minimum Gasteiger partial charge on any atom is -0.360 e. The SMILES string of the molecule is CC(CCN)c1ccccc1N1CCNC(=O)C1. The first kappa shape index (κ1) is 12.9. The van der Waals surface area contributed by atoms with Gasteiger partial charge < -0.3 is 16.0 Å². The fourth-order valence-corrected chi connectivity index (χ4v) is 2.44. The number of benzene rings is 1. The van der Waals surface area contributed by atoms with Gasteiger partial charge in [0.1, 0.15) is 0 Å². The number of amides is 1. The van der Waals surface area contributed by atoms with Gasteiger partial charge in [-0.15, -0.1) is 0 Å². The highest BCUT2D eigenvalue weighted by molar-refractivity contribution is 5.83. The third-order valence-corrected chi connectivity index (χ3v) is 3.45. The van der Waals surface area contributed by atoms with Crippen molar-refractivity contribution < 1.29 is 4.79 Å². The highest BCUT2D eigenvalue weighted by atomic mass is 16.2. The molecule has 1 aliphatic rings. The molecule has 1 amide bonds. The smallest absolute Gasteiger partial charge is 0.239 e. The van der Waals surface area contributed by atoms with Crippen LogP contribution in [0.5, 0.6) is 0 Å². The largest absolute Gasteiger partial charge is 0.360 e. The predicted octanol–water partition coefficient (Wildman–Crippen LogP) is 1.08. The molecule has 1 aliphatic heterocycles. The van der Waals surface area contributed by atoms with Gasteiger partial charge in [-0.25, -0.2) is 0 Å². The van der Waals surface area contributed by atoms with Crippen LogP contribution < -0.4 is 16.0 Å². The van der Waals surface area contributed by atoms with Crippen molar-refractivity contribution in [3.05, 3.63) is 29.8 Å². The lowest BCUT2D eigenvalue weighted by Gasteiger charge is -2.31. The topological polar surface area (TPSA) is 58.4 Å². The molecule has 1 aromatic carbocycles. The van der Waals surface area contributed by atoms with E-state index in [-0.39, 0.29) is 5.91 Å². The van der Waals surface area contributed by atoms with Crippen LogP contribution in [0.3, 0.4) is 0 Å². The Morgan fingerprint density at radius 3 is 2.94 bits per heavy atom. The molecular weight excluding hydrogens is 226 g/mol. The van der Waals surface area contributed by atoms with Crippen molar-refractivity contribution in [3.8, 4) is 0 Å². The van der Waals surface area contributed by atoms with Crippen LogP contribution in [0.4, 0.5) is 5.69 Å². The van der Waals surface area contributed by atoms with E-state index in [1.807, 2.05) is 6.07 Å². The van der Waals surface area contributed by atoms with Crippen molar-refractivity contribution in [2.75, 3.05) is 31.1 Å². The van der Waals surface area contributed by atoms with E-state index < -0.39 is 0 Å². The van der Waals surface area contributed by atoms with Crippen LogP contribution in [0.25, 0.3) is 0 Å². The van der Waals surface area contributed by atoms with Crippen LogP contribution in [0.1, 0.15) is 24.8 Å². The van der Waals surface area contributed by atoms with E-state index >= 15 is 0 Å². The summed E-state index contributed by atoms with van der Waals surface area (Å²) in [5, 5.41) is 2.85. The summed E-state index contributed by atoms with van der Waals surface area (Å²) in [7, 11) is 0. The fraction of sp³-hybridized carbons (Fsp3) is 0.500. The number of anilines is 1. The number of nitrogens with zero attached hydrogens (tertiary/aromatic N) is 1. The Morgan fingerprint density at radius 1 is 1.44 bits per heavy atom. The molecule has 3 N–H and O–H groups in total. The number of hydrogen-bond donors (Lipinski definition) is 2. The first-order chi connectivity index (χ1) is 8.72. The quantitative estimate of drug-likeness (QED) is 0.837. The molecule has 98 valence electrons. The summed E-state index contributed by atoms with van der Waals surface area (Å²) < 4.78 is 0. The van der Waals surface area contributed by atoms with Gasteiger partial charge in [0.25, 0.3) is 0 Å². The first-order valence-corrected chi connectivity index (χ1v) is 6.53. The van der Waals surface area contributed by atoms with Crippen molar-refractivity contribution in [1.29, 1.82) is 0 Å². The molecular formula is C14H21N3O. The van der Waals surface area contributed by atoms with E-state index in [2.05, 4.69) is 35.3 Å². The van der Waals surface area contributed by atoms with Crippen LogP contribution in [-0.4, -0.2) is 32.1 Å². The van der Waals surface area contributed by atoms with Crippen molar-refractivity contribution in [2.24, 2.45) is 5.73 Å². The van der Waals surface area contributed by atoms with E-state index in [4.69, 9.17) is 5.73 Å². The first-order valence-electron chi connectivity index (χ1n) is 6.53. The summed E-state index contributed by atoms with van der Waals surface area (Å²) >= 11 is 0. The van der Waals surface area contributed by atoms with Gasteiger partial charge in [0, 0.05) is 18.8 Å². The summed E-state index contributed by atoms with van der Waals surface area (Å²) in [6, 6.07) is 8.32. The average Bonchev–Trinajstić information content (AvgIpc) is 2.39. The zero-order valence-corrected chi connectivity index (χ0v) is 10.9. The monoisotopic (exact) mass is 247 g/mol. The van der Waals surface area contributed by atoms with Crippen LogP contribution in [-0.2, 0) is 4.79 Å². The standard InChI is InChI=1S/C14H21N3O/c1-11(6-7-15)12-4-2-3-5-13(12)17-9-8-16-14(18)10-17/h2-5,11H,6-10,15H2,1H3,(H,16,18). The van der Waals surface area contributed by atoms with Gasteiger partial charge in [-0.3, -0.25) is 4.79 Å². The molecule has 1 unspecified atom stereocenters. The Labute approximate surface area is 108 Å². The van der Waals surface area contributed by atoms with Crippen LogP contribution in [0.2, 0.25) is 0 Å². The number of carbonyl (C=O) groups is 1. The highest BCUT2D eigenvalue weighted by Crippen LogP contribution is 2.29. The fourth-order valence-electron chi connectivity index (χ4n) is 2.44. The highest BCUT2D eigenvalue weighted by Gasteiger charge is 2.20. The number of piperazine rings is 1. The summed E-state index contributed by atoms with van der Waals surface area (Å²) in [5.41, 5.74) is 8.10. The zero-order chi connectivity index (χ0) is 13.0. The van der Waals surface area contributed by atoms with Crippen molar-refractivity contribution in [3.63, 3.8) is 0 Å². The Balaban J connectivity index is 2.23. The van der Waals surface area contributed by atoms with Gasteiger partial charge >= 0.3 is 0 Å². The molecule has 0 aromatic heterocycles. The third-order valence-electron chi connectivity index (χ3n) is 3.45. The summed E-state index contributed by atoms with van der Waals surface area (Å²) in [5.74, 6) is 0.527. The zero-order valence-electron chi connectivity index (χ0n) is 10.9. The maximum atomic E-state index is 11.5. The molecule has 0 radical (unpaired) electrons. The van der Waals surface area contributed by atoms with Crippen LogP contribution in [0.15, 0.2) is 24.3 Å². The van der Waals surface area contributed by atoms with E-state index in [1.165, 1.54) is 11.3 Å². The van der Waals surface area contributed by atoms with Crippen LogP contribution in [0, 0.1) is 0 Å². The normalized spacial score (nSPS) is 17.4. The number of rotatable bonds is 4. The minimum absolute atomic E-state index is 0.0996. The molecule has 0 aliphatic carbocycles. The second kappa shape index (κ2) is 5.87. The molecule has 0 bridgehead atoms. The van der Waals surface area contributed by atoms with Crippen molar-refractivity contribution in [1.82, 2.24) is 5.32 Å². The Bertz CT molecular complexity index is 419. The molecule has 0 spiro atoms. The molecule has 1 aromatic rings. The lowest BCUT2D eigenvalue weighted by molar-refractivity contribution is -0.120. The van der Waals surface area contributed by atoms with Gasteiger partial charge in [-0.05, 0) is 30.5 Å². The minimum atomic E-state index is 0.0996. The number of hydrogen-bond acceptors (Lipinski definition) is 3. The van der Waals surface area contributed by atoms with Gasteiger partial charge in [-0.1, -0.05) is 25.1 Å². The lowest BCUT2D eigenvalue weighted by atomic mass is 9.95.